The van der Waals surface area contributed by atoms with Crippen molar-refractivity contribution in [3.8, 4) is 11.8 Å². The summed E-state index contributed by atoms with van der Waals surface area (Å²) < 4.78 is 0.704. The zero-order valence-electron chi connectivity index (χ0n) is 5.71. The molecule has 1 aromatic rings. The fraction of sp³-hybridized carbons (Fsp3) is 0.143. The normalized spacial score (nSPS) is 8.55. The molecule has 0 aliphatic heterocycles. The summed E-state index contributed by atoms with van der Waals surface area (Å²) in [6.45, 7) is 0.345. The molecule has 3 nitrogen and oxygen atoms in total. The second-order valence-electron chi connectivity index (χ2n) is 1.73. The van der Waals surface area contributed by atoms with E-state index in [1.54, 1.807) is 12.4 Å². The van der Waals surface area contributed by atoms with Crippen LogP contribution in [0.25, 0.3) is 0 Å². The zero-order chi connectivity index (χ0) is 8.10. The van der Waals surface area contributed by atoms with Crippen LogP contribution in [0.4, 0.5) is 0 Å². The van der Waals surface area contributed by atoms with E-state index >= 15 is 0 Å². The van der Waals surface area contributed by atoms with E-state index in [0.717, 1.165) is 0 Å². The highest BCUT2D eigenvalue weighted by Gasteiger charge is 1.88. The molecule has 0 aliphatic rings. The molecule has 1 heterocycles. The topological polar surface area (TPSA) is 51.8 Å². The molecule has 0 atom stereocenters. The van der Waals surface area contributed by atoms with E-state index < -0.39 is 0 Å². The van der Waals surface area contributed by atoms with Crippen molar-refractivity contribution < 1.29 is 0 Å². The van der Waals surface area contributed by atoms with Crippen LogP contribution in [0, 0.1) is 11.8 Å². The van der Waals surface area contributed by atoms with Gasteiger partial charge in [0.2, 0.25) is 0 Å². The molecular formula is C7H6BrN3. The lowest BCUT2D eigenvalue weighted by Gasteiger charge is -1.87. The molecule has 56 valence electrons. The SMILES string of the molecule is NCC#Cc1cnc(Br)cn1. The van der Waals surface area contributed by atoms with Gasteiger partial charge in [-0.15, -0.1) is 0 Å². The molecule has 2 N–H and O–H groups in total. The summed E-state index contributed by atoms with van der Waals surface area (Å²) in [6, 6.07) is 0. The Labute approximate surface area is 73.2 Å². The predicted molar refractivity (Wildman–Crippen MR) is 45.7 cm³/mol. The fourth-order valence-corrected chi connectivity index (χ4v) is 0.723. The highest BCUT2D eigenvalue weighted by atomic mass is 79.9. The summed E-state index contributed by atoms with van der Waals surface area (Å²) in [5, 5.41) is 0. The third-order valence-corrected chi connectivity index (χ3v) is 1.35. The van der Waals surface area contributed by atoms with Gasteiger partial charge >= 0.3 is 0 Å². The Balaban J connectivity index is 2.82. The van der Waals surface area contributed by atoms with Crippen molar-refractivity contribution in [3.63, 3.8) is 0 Å². The van der Waals surface area contributed by atoms with E-state index in [9.17, 15) is 0 Å². The Morgan fingerprint density at radius 1 is 1.45 bits per heavy atom. The van der Waals surface area contributed by atoms with Crippen molar-refractivity contribution >= 4 is 15.9 Å². The summed E-state index contributed by atoms with van der Waals surface area (Å²) in [5.41, 5.74) is 5.81. The van der Waals surface area contributed by atoms with Gasteiger partial charge < -0.3 is 5.73 Å². The van der Waals surface area contributed by atoms with Gasteiger partial charge in [-0.05, 0) is 21.9 Å². The molecule has 0 aromatic carbocycles. The number of nitrogens with two attached hydrogens (primary N) is 1. The van der Waals surface area contributed by atoms with Crippen molar-refractivity contribution in [1.29, 1.82) is 0 Å². The summed E-state index contributed by atoms with van der Waals surface area (Å²) in [4.78, 5) is 7.92. The maximum Gasteiger partial charge on any atom is 0.131 e. The summed E-state index contributed by atoms with van der Waals surface area (Å²) in [7, 11) is 0. The van der Waals surface area contributed by atoms with Crippen LogP contribution in [0.15, 0.2) is 17.0 Å². The van der Waals surface area contributed by atoms with Crippen LogP contribution >= 0.6 is 15.9 Å². The van der Waals surface area contributed by atoms with Crippen molar-refractivity contribution in [2.75, 3.05) is 6.54 Å². The van der Waals surface area contributed by atoms with Crippen molar-refractivity contribution in [2.45, 2.75) is 0 Å². The second-order valence-corrected chi connectivity index (χ2v) is 2.54. The Bertz CT molecular complexity index is 283. The first-order chi connectivity index (χ1) is 5.33. The van der Waals surface area contributed by atoms with Gasteiger partial charge in [-0.3, -0.25) is 0 Å². The first-order valence-electron chi connectivity index (χ1n) is 2.99. The molecule has 0 spiro atoms. The predicted octanol–water partition coefficient (Wildman–Crippen LogP) is 0.549. The average molecular weight is 212 g/mol. The molecule has 0 saturated heterocycles. The highest BCUT2D eigenvalue weighted by Crippen LogP contribution is 2.01. The van der Waals surface area contributed by atoms with Gasteiger partial charge in [0.15, 0.2) is 0 Å². The van der Waals surface area contributed by atoms with Crippen LogP contribution in [0.1, 0.15) is 5.69 Å². The zero-order valence-corrected chi connectivity index (χ0v) is 7.30. The van der Waals surface area contributed by atoms with E-state index in [-0.39, 0.29) is 0 Å². The first-order valence-corrected chi connectivity index (χ1v) is 3.78. The van der Waals surface area contributed by atoms with Gasteiger partial charge in [0.1, 0.15) is 10.3 Å². The van der Waals surface area contributed by atoms with E-state index in [0.29, 0.717) is 16.8 Å². The number of halogens is 1. The molecule has 0 bridgehead atoms. The Morgan fingerprint density at radius 2 is 2.27 bits per heavy atom. The van der Waals surface area contributed by atoms with Crippen LogP contribution < -0.4 is 5.73 Å². The molecule has 1 aromatic heterocycles. The van der Waals surface area contributed by atoms with Gasteiger partial charge in [-0.1, -0.05) is 5.92 Å². The number of hydrogen-bond donors (Lipinski definition) is 1. The molecule has 0 unspecified atom stereocenters. The minimum Gasteiger partial charge on any atom is -0.320 e. The van der Waals surface area contributed by atoms with Crippen molar-refractivity contribution in [3.05, 3.63) is 22.7 Å². The third kappa shape index (κ3) is 2.66. The third-order valence-electron chi connectivity index (χ3n) is 0.939. The molecular weight excluding hydrogens is 206 g/mol. The van der Waals surface area contributed by atoms with E-state index in [1.807, 2.05) is 0 Å². The lowest BCUT2D eigenvalue weighted by molar-refractivity contribution is 1.14. The maximum absolute atomic E-state index is 5.18. The largest absolute Gasteiger partial charge is 0.320 e. The number of rotatable bonds is 0. The molecule has 0 saturated carbocycles. The van der Waals surface area contributed by atoms with Crippen molar-refractivity contribution in [1.82, 2.24) is 9.97 Å². The van der Waals surface area contributed by atoms with Crippen LogP contribution in [0.2, 0.25) is 0 Å². The molecule has 0 aliphatic carbocycles. The molecule has 0 radical (unpaired) electrons. The standard InChI is InChI=1S/C7H6BrN3/c8-7-5-10-6(4-11-7)2-1-3-9/h4-5H,3,9H2. The molecule has 1 rings (SSSR count). The quantitative estimate of drug-likeness (QED) is 0.639. The smallest absolute Gasteiger partial charge is 0.131 e. The van der Waals surface area contributed by atoms with Crippen molar-refractivity contribution in [2.24, 2.45) is 5.73 Å². The Hall–Kier alpha value is -0.920. The van der Waals surface area contributed by atoms with Gasteiger partial charge in [0.05, 0.1) is 18.9 Å². The minimum absolute atomic E-state index is 0.345. The Morgan fingerprint density at radius 3 is 2.82 bits per heavy atom. The minimum atomic E-state index is 0.345. The first kappa shape index (κ1) is 8.18. The summed E-state index contributed by atoms with van der Waals surface area (Å²) >= 11 is 3.17. The van der Waals surface area contributed by atoms with Gasteiger partial charge in [-0.25, -0.2) is 9.97 Å². The number of hydrogen-bond acceptors (Lipinski definition) is 3. The molecule has 11 heavy (non-hydrogen) atoms. The monoisotopic (exact) mass is 211 g/mol. The summed E-state index contributed by atoms with van der Waals surface area (Å²) in [5.74, 6) is 5.45. The average Bonchev–Trinajstić information content (AvgIpc) is 2.04. The van der Waals surface area contributed by atoms with Gasteiger partial charge in [0, 0.05) is 0 Å². The molecule has 0 fully saturated rings. The van der Waals surface area contributed by atoms with Crippen LogP contribution in [-0.4, -0.2) is 16.5 Å². The molecule has 4 heteroatoms. The second kappa shape index (κ2) is 4.06. The van der Waals surface area contributed by atoms with Crippen LogP contribution in [0.3, 0.4) is 0 Å². The lowest BCUT2D eigenvalue weighted by atomic mass is 10.4. The van der Waals surface area contributed by atoms with E-state index in [4.69, 9.17) is 5.73 Å². The number of aromatic nitrogens is 2. The highest BCUT2D eigenvalue weighted by molar-refractivity contribution is 9.10. The fourth-order valence-electron chi connectivity index (χ4n) is 0.518. The summed E-state index contributed by atoms with van der Waals surface area (Å²) in [6.07, 6.45) is 3.19. The molecule has 0 amide bonds. The number of nitrogens with zero attached hydrogens (tertiary/aromatic N) is 2. The lowest BCUT2D eigenvalue weighted by Crippen LogP contribution is -1.93. The van der Waals surface area contributed by atoms with Gasteiger partial charge in [0.25, 0.3) is 0 Å². The van der Waals surface area contributed by atoms with E-state index in [1.165, 1.54) is 0 Å². The van der Waals surface area contributed by atoms with Crippen LogP contribution in [0.5, 0.6) is 0 Å². The van der Waals surface area contributed by atoms with E-state index in [2.05, 4.69) is 37.7 Å². The maximum atomic E-state index is 5.18. The Kier molecular flexibility index (Phi) is 3.02. The van der Waals surface area contributed by atoms with Gasteiger partial charge in [-0.2, -0.15) is 0 Å². The van der Waals surface area contributed by atoms with Crippen LogP contribution in [-0.2, 0) is 0 Å².